The lowest BCUT2D eigenvalue weighted by Crippen LogP contribution is -2.26. The highest BCUT2D eigenvalue weighted by atomic mass is 79.9. The molecule has 0 fully saturated rings. The lowest BCUT2D eigenvalue weighted by atomic mass is 10.1. The average Bonchev–Trinajstić information content (AvgIpc) is 2.39. The molecule has 0 saturated heterocycles. The molecule has 2 aromatic rings. The summed E-state index contributed by atoms with van der Waals surface area (Å²) < 4.78 is 0.867. The van der Waals surface area contributed by atoms with Gasteiger partial charge >= 0.3 is 0 Å². The Morgan fingerprint density at radius 2 is 1.89 bits per heavy atom. The number of nitrogens with two attached hydrogens (primary N) is 1. The molecule has 2 rings (SSSR count). The topological polar surface area (TPSA) is 55.1 Å². The standard InChI is InChI=1S/C15H15BrN2O/c16-12-6-7-13(14(17)10-12)15(19)18-9-8-11-4-2-1-3-5-11/h1-7,10H,8-9,17H2,(H,18,19). The van der Waals surface area contributed by atoms with E-state index in [9.17, 15) is 4.79 Å². The highest BCUT2D eigenvalue weighted by molar-refractivity contribution is 9.10. The van der Waals surface area contributed by atoms with Gasteiger partial charge in [0.15, 0.2) is 0 Å². The Labute approximate surface area is 121 Å². The average molecular weight is 319 g/mol. The summed E-state index contributed by atoms with van der Waals surface area (Å²) in [5.74, 6) is -0.138. The Morgan fingerprint density at radius 3 is 2.58 bits per heavy atom. The van der Waals surface area contributed by atoms with E-state index in [2.05, 4.69) is 21.2 Å². The maximum Gasteiger partial charge on any atom is 0.253 e. The molecule has 2 aromatic carbocycles. The van der Waals surface area contributed by atoms with Crippen molar-refractivity contribution in [1.82, 2.24) is 5.32 Å². The van der Waals surface area contributed by atoms with Crippen molar-refractivity contribution in [3.8, 4) is 0 Å². The molecule has 0 radical (unpaired) electrons. The molecule has 3 nitrogen and oxygen atoms in total. The van der Waals surface area contributed by atoms with Crippen LogP contribution >= 0.6 is 15.9 Å². The number of halogens is 1. The zero-order chi connectivity index (χ0) is 13.7. The van der Waals surface area contributed by atoms with E-state index in [1.807, 2.05) is 36.4 Å². The summed E-state index contributed by atoms with van der Waals surface area (Å²) in [6.45, 7) is 0.596. The molecule has 98 valence electrons. The number of amides is 1. The maximum atomic E-state index is 12.0. The zero-order valence-corrected chi connectivity index (χ0v) is 12.0. The smallest absolute Gasteiger partial charge is 0.253 e. The van der Waals surface area contributed by atoms with Crippen molar-refractivity contribution >= 4 is 27.5 Å². The Morgan fingerprint density at radius 1 is 1.16 bits per heavy atom. The van der Waals surface area contributed by atoms with E-state index in [1.165, 1.54) is 5.56 Å². The van der Waals surface area contributed by atoms with E-state index in [-0.39, 0.29) is 5.91 Å². The van der Waals surface area contributed by atoms with Crippen molar-refractivity contribution in [2.75, 3.05) is 12.3 Å². The van der Waals surface area contributed by atoms with Crippen LogP contribution in [0.15, 0.2) is 53.0 Å². The third kappa shape index (κ3) is 3.83. The van der Waals surface area contributed by atoms with Gasteiger partial charge in [0.25, 0.3) is 5.91 Å². The fourth-order valence-corrected chi connectivity index (χ4v) is 2.18. The van der Waals surface area contributed by atoms with E-state index < -0.39 is 0 Å². The summed E-state index contributed by atoms with van der Waals surface area (Å²) >= 11 is 3.32. The molecule has 0 bridgehead atoms. The number of benzene rings is 2. The highest BCUT2D eigenvalue weighted by Gasteiger charge is 2.08. The molecule has 19 heavy (non-hydrogen) atoms. The van der Waals surface area contributed by atoms with Crippen molar-refractivity contribution in [1.29, 1.82) is 0 Å². The monoisotopic (exact) mass is 318 g/mol. The summed E-state index contributed by atoms with van der Waals surface area (Å²) in [5, 5.41) is 2.87. The van der Waals surface area contributed by atoms with E-state index in [1.54, 1.807) is 12.1 Å². The molecule has 0 heterocycles. The molecule has 0 aromatic heterocycles. The molecular weight excluding hydrogens is 304 g/mol. The van der Waals surface area contributed by atoms with Gasteiger partial charge in [0.05, 0.1) is 5.56 Å². The molecule has 0 aliphatic heterocycles. The van der Waals surface area contributed by atoms with Gasteiger partial charge in [0.1, 0.15) is 0 Å². The summed E-state index contributed by atoms with van der Waals surface area (Å²) in [7, 11) is 0. The number of carbonyl (C=O) groups excluding carboxylic acids is 1. The molecule has 0 saturated carbocycles. The predicted octanol–water partition coefficient (Wildman–Crippen LogP) is 3.00. The number of nitrogen functional groups attached to an aromatic ring is 1. The normalized spacial score (nSPS) is 10.2. The first-order valence-electron chi connectivity index (χ1n) is 6.04. The molecular formula is C15H15BrN2O. The molecule has 0 spiro atoms. The van der Waals surface area contributed by atoms with Crippen molar-refractivity contribution in [3.63, 3.8) is 0 Å². The minimum Gasteiger partial charge on any atom is -0.398 e. The summed E-state index contributed by atoms with van der Waals surface area (Å²) in [6, 6.07) is 15.3. The zero-order valence-electron chi connectivity index (χ0n) is 10.4. The van der Waals surface area contributed by atoms with Gasteiger partial charge in [-0.25, -0.2) is 0 Å². The first-order chi connectivity index (χ1) is 9.16. The Hall–Kier alpha value is -1.81. The Bertz CT molecular complexity index is 570. The highest BCUT2D eigenvalue weighted by Crippen LogP contribution is 2.18. The van der Waals surface area contributed by atoms with Gasteiger partial charge in [-0.1, -0.05) is 46.3 Å². The van der Waals surface area contributed by atoms with Crippen LogP contribution < -0.4 is 11.1 Å². The van der Waals surface area contributed by atoms with Crippen LogP contribution in [-0.2, 0) is 6.42 Å². The third-order valence-electron chi connectivity index (χ3n) is 2.80. The predicted molar refractivity (Wildman–Crippen MR) is 81.0 cm³/mol. The van der Waals surface area contributed by atoms with Crippen LogP contribution in [-0.4, -0.2) is 12.5 Å². The van der Waals surface area contributed by atoms with Crippen molar-refractivity contribution in [2.24, 2.45) is 0 Å². The SMILES string of the molecule is Nc1cc(Br)ccc1C(=O)NCCc1ccccc1. The molecule has 3 N–H and O–H groups in total. The quantitative estimate of drug-likeness (QED) is 0.851. The molecule has 0 unspecified atom stereocenters. The van der Waals surface area contributed by atoms with Gasteiger partial charge in [-0.3, -0.25) is 4.79 Å². The number of nitrogens with one attached hydrogen (secondary N) is 1. The van der Waals surface area contributed by atoms with Crippen molar-refractivity contribution in [3.05, 3.63) is 64.1 Å². The summed E-state index contributed by atoms with van der Waals surface area (Å²) in [4.78, 5) is 12.0. The first kappa shape index (κ1) is 13.6. The van der Waals surface area contributed by atoms with Crippen LogP contribution in [0.2, 0.25) is 0 Å². The lowest BCUT2D eigenvalue weighted by Gasteiger charge is -2.08. The van der Waals surface area contributed by atoms with E-state index in [4.69, 9.17) is 5.73 Å². The van der Waals surface area contributed by atoms with Crippen molar-refractivity contribution in [2.45, 2.75) is 6.42 Å². The van der Waals surface area contributed by atoms with Gasteiger partial charge in [-0.2, -0.15) is 0 Å². The Kier molecular flexibility index (Phi) is 4.58. The lowest BCUT2D eigenvalue weighted by molar-refractivity contribution is 0.0955. The van der Waals surface area contributed by atoms with E-state index in [0.29, 0.717) is 17.8 Å². The van der Waals surface area contributed by atoms with Gasteiger partial charge < -0.3 is 11.1 Å². The minimum atomic E-state index is -0.138. The van der Waals surface area contributed by atoms with Gasteiger partial charge in [0.2, 0.25) is 0 Å². The molecule has 0 aliphatic rings. The molecule has 0 atom stereocenters. The second-order valence-corrected chi connectivity index (χ2v) is 5.14. The second-order valence-electron chi connectivity index (χ2n) is 4.22. The van der Waals surface area contributed by atoms with Crippen LogP contribution in [0, 0.1) is 0 Å². The minimum absolute atomic E-state index is 0.138. The number of hydrogen-bond donors (Lipinski definition) is 2. The summed E-state index contributed by atoms with van der Waals surface area (Å²) in [6.07, 6.45) is 0.809. The fraction of sp³-hybridized carbons (Fsp3) is 0.133. The number of carbonyl (C=O) groups is 1. The van der Waals surface area contributed by atoms with Crippen LogP contribution in [0.3, 0.4) is 0 Å². The third-order valence-corrected chi connectivity index (χ3v) is 3.29. The van der Waals surface area contributed by atoms with Crippen LogP contribution in [0.1, 0.15) is 15.9 Å². The van der Waals surface area contributed by atoms with E-state index in [0.717, 1.165) is 10.9 Å². The van der Waals surface area contributed by atoms with Gasteiger partial charge in [0, 0.05) is 16.7 Å². The van der Waals surface area contributed by atoms with Crippen molar-refractivity contribution < 1.29 is 4.79 Å². The first-order valence-corrected chi connectivity index (χ1v) is 6.83. The molecule has 0 aliphatic carbocycles. The molecule has 4 heteroatoms. The maximum absolute atomic E-state index is 12.0. The van der Waals surface area contributed by atoms with Crippen LogP contribution in [0.5, 0.6) is 0 Å². The van der Waals surface area contributed by atoms with Crippen LogP contribution in [0.4, 0.5) is 5.69 Å². The van der Waals surface area contributed by atoms with E-state index >= 15 is 0 Å². The second kappa shape index (κ2) is 6.38. The number of anilines is 1. The van der Waals surface area contributed by atoms with Gasteiger partial charge in [-0.15, -0.1) is 0 Å². The summed E-state index contributed by atoms with van der Waals surface area (Å²) in [5.41, 5.74) is 8.00. The van der Waals surface area contributed by atoms with Crippen LogP contribution in [0.25, 0.3) is 0 Å². The molecule has 1 amide bonds. The Balaban J connectivity index is 1.91. The van der Waals surface area contributed by atoms with Gasteiger partial charge in [-0.05, 0) is 30.2 Å². The number of rotatable bonds is 4. The fourth-order valence-electron chi connectivity index (χ4n) is 1.80. The number of hydrogen-bond acceptors (Lipinski definition) is 2. The largest absolute Gasteiger partial charge is 0.398 e.